The molecule has 3 nitrogen and oxygen atoms in total. The van der Waals surface area contributed by atoms with E-state index in [9.17, 15) is 13.2 Å². The first-order valence-electron chi connectivity index (χ1n) is 5.59. The predicted octanol–water partition coefficient (Wildman–Crippen LogP) is -0.183. The van der Waals surface area contributed by atoms with Gasteiger partial charge in [-0.1, -0.05) is 29.7 Å². The fraction of sp³-hybridized carbons (Fsp3) is 0. The summed E-state index contributed by atoms with van der Waals surface area (Å²) in [5.74, 6) is 0. The van der Waals surface area contributed by atoms with Crippen molar-refractivity contribution in [1.82, 2.24) is 0 Å². The van der Waals surface area contributed by atoms with E-state index < -0.39 is 9.84 Å². The summed E-state index contributed by atoms with van der Waals surface area (Å²) in [6.45, 7) is 0. The quantitative estimate of drug-likeness (QED) is 0.487. The maximum Gasteiger partial charge on any atom is 1.00 e. The fourth-order valence-corrected chi connectivity index (χ4v) is 4.84. The number of hydrogen-bond donors (Lipinski definition) is 0. The summed E-state index contributed by atoms with van der Waals surface area (Å²) in [5, 5.41) is 0.961. The van der Waals surface area contributed by atoms with Crippen LogP contribution in [0.4, 0.5) is 0 Å². The molecule has 0 radical (unpaired) electrons. The number of rotatable bonds is 2. The Morgan fingerprint density at radius 3 is 2.20 bits per heavy atom. The average molecular weight is 296 g/mol. The van der Waals surface area contributed by atoms with Crippen molar-refractivity contribution in [3.05, 3.63) is 64.1 Å². The number of benzene rings is 2. The summed E-state index contributed by atoms with van der Waals surface area (Å²) >= 11 is 0.786. The third-order valence-electron chi connectivity index (χ3n) is 2.85. The van der Waals surface area contributed by atoms with Crippen molar-refractivity contribution in [3.63, 3.8) is 0 Å². The second kappa shape index (κ2) is 5.63. The summed E-state index contributed by atoms with van der Waals surface area (Å²) in [6.07, 6.45) is 0. The monoisotopic (exact) mass is 296 g/mol. The van der Waals surface area contributed by atoms with Crippen molar-refractivity contribution in [1.29, 1.82) is 0 Å². The third-order valence-corrected chi connectivity index (χ3v) is 6.17. The summed E-state index contributed by atoms with van der Waals surface area (Å²) in [5.41, 5.74) is 0. The van der Waals surface area contributed by atoms with Gasteiger partial charge in [0.15, 0.2) is 9.84 Å². The van der Waals surface area contributed by atoms with Gasteiger partial charge in [-0.05, 0) is 12.1 Å². The summed E-state index contributed by atoms with van der Waals surface area (Å²) < 4.78 is 25.0. The zero-order valence-corrected chi connectivity index (χ0v) is 12.4. The molecular formula is C14H9LiO3S2. The molecule has 0 amide bonds. The van der Waals surface area contributed by atoms with Crippen LogP contribution in [0.3, 0.4) is 0 Å². The molecule has 20 heavy (non-hydrogen) atoms. The van der Waals surface area contributed by atoms with Crippen molar-refractivity contribution in [2.45, 2.75) is 9.10 Å². The molecule has 0 saturated heterocycles. The largest absolute Gasteiger partial charge is 1.00 e. The Hall–Kier alpha value is -1.25. The Balaban J connectivity index is 0.00000147. The van der Waals surface area contributed by atoms with E-state index >= 15 is 0 Å². The van der Waals surface area contributed by atoms with E-state index in [0.29, 0.717) is 10.8 Å². The molecule has 0 saturated carbocycles. The topological polar surface area (TPSA) is 51.2 Å². The fourth-order valence-electron chi connectivity index (χ4n) is 1.94. The van der Waals surface area contributed by atoms with Crippen molar-refractivity contribution >= 4 is 31.9 Å². The van der Waals surface area contributed by atoms with Crippen LogP contribution in [0.2, 0.25) is 0 Å². The van der Waals surface area contributed by atoms with Crippen molar-refractivity contribution in [2.24, 2.45) is 0 Å². The third kappa shape index (κ3) is 2.38. The average Bonchev–Trinajstić information content (AvgIpc) is 2.79. The minimum Gasteiger partial charge on any atom is -0.345 e. The van der Waals surface area contributed by atoms with Crippen LogP contribution in [0.5, 0.6) is 0 Å². The van der Waals surface area contributed by atoms with E-state index in [1.165, 1.54) is 12.1 Å². The molecule has 3 aromatic rings. The molecule has 1 heterocycles. The van der Waals surface area contributed by atoms with Gasteiger partial charge < -0.3 is 4.79 Å². The van der Waals surface area contributed by atoms with Gasteiger partial charge in [-0.2, -0.15) is 11.3 Å². The maximum atomic E-state index is 12.5. The zero-order chi connectivity index (χ0) is 13.5. The minimum absolute atomic E-state index is 0. The van der Waals surface area contributed by atoms with Crippen LogP contribution in [0.25, 0.3) is 10.8 Å². The number of fused-ring (bicyclic) bond motifs is 1. The SMILES string of the molecule is O=c1s[c-](S(=O)(=O)c2ccccc2)c2ccccc12.[Li+]. The van der Waals surface area contributed by atoms with Gasteiger partial charge in [0.1, 0.15) is 4.74 Å². The summed E-state index contributed by atoms with van der Waals surface area (Å²) in [6, 6.07) is 14.9. The van der Waals surface area contributed by atoms with E-state index in [0.717, 1.165) is 11.3 Å². The van der Waals surface area contributed by atoms with Gasteiger partial charge in [0.05, 0.1) is 4.90 Å². The molecule has 0 aliphatic carbocycles. The molecule has 2 aromatic carbocycles. The predicted molar refractivity (Wildman–Crippen MR) is 75.6 cm³/mol. The number of hydrogen-bond acceptors (Lipinski definition) is 4. The van der Waals surface area contributed by atoms with Gasteiger partial charge in [-0.25, -0.2) is 8.42 Å². The summed E-state index contributed by atoms with van der Waals surface area (Å²) in [4.78, 5) is 12.0. The van der Waals surface area contributed by atoms with Crippen LogP contribution in [0, 0.1) is 0 Å². The first-order chi connectivity index (χ1) is 9.10. The Kier molecular flexibility index (Phi) is 4.26. The Labute approximate surface area is 132 Å². The van der Waals surface area contributed by atoms with E-state index in [1.807, 2.05) is 0 Å². The zero-order valence-electron chi connectivity index (χ0n) is 10.7. The second-order valence-corrected chi connectivity index (χ2v) is 7.17. The van der Waals surface area contributed by atoms with Crippen molar-refractivity contribution < 1.29 is 27.3 Å². The Morgan fingerprint density at radius 1 is 0.900 bits per heavy atom. The van der Waals surface area contributed by atoms with Gasteiger partial charge >= 0.3 is 18.9 Å². The van der Waals surface area contributed by atoms with Crippen LogP contribution >= 0.6 is 11.3 Å². The molecule has 6 heteroatoms. The van der Waals surface area contributed by atoms with Crippen LogP contribution in [-0.2, 0) is 9.84 Å². The molecule has 0 bridgehead atoms. The van der Waals surface area contributed by atoms with Crippen LogP contribution in [0.1, 0.15) is 0 Å². The van der Waals surface area contributed by atoms with Crippen LogP contribution in [0.15, 0.2) is 68.5 Å². The van der Waals surface area contributed by atoms with E-state index in [2.05, 4.69) is 0 Å². The molecule has 0 aliphatic rings. The molecule has 0 fully saturated rings. The molecule has 1 aromatic heterocycles. The smallest absolute Gasteiger partial charge is 0.345 e. The van der Waals surface area contributed by atoms with Gasteiger partial charge in [0, 0.05) is 4.21 Å². The van der Waals surface area contributed by atoms with E-state index in [-0.39, 0.29) is 32.7 Å². The molecule has 0 unspecified atom stereocenters. The molecule has 0 atom stereocenters. The Bertz CT molecular complexity index is 893. The maximum absolute atomic E-state index is 12.5. The van der Waals surface area contributed by atoms with Gasteiger partial charge in [-0.15, -0.1) is 23.6 Å². The molecular weight excluding hydrogens is 287 g/mol. The van der Waals surface area contributed by atoms with Crippen LogP contribution in [-0.4, -0.2) is 8.42 Å². The van der Waals surface area contributed by atoms with E-state index in [1.54, 1.807) is 42.5 Å². The number of sulfone groups is 1. The first kappa shape index (κ1) is 15.1. The second-order valence-electron chi connectivity index (χ2n) is 4.04. The van der Waals surface area contributed by atoms with Gasteiger partial charge in [0.2, 0.25) is 0 Å². The molecule has 3 rings (SSSR count). The van der Waals surface area contributed by atoms with Crippen molar-refractivity contribution in [2.75, 3.05) is 0 Å². The van der Waals surface area contributed by atoms with Gasteiger partial charge in [-0.3, -0.25) is 0 Å². The first-order valence-corrected chi connectivity index (χ1v) is 7.89. The summed E-state index contributed by atoms with van der Waals surface area (Å²) in [7, 11) is -3.63. The minimum atomic E-state index is -3.63. The molecule has 0 spiro atoms. The Morgan fingerprint density at radius 2 is 1.50 bits per heavy atom. The van der Waals surface area contributed by atoms with Crippen molar-refractivity contribution in [3.8, 4) is 0 Å². The standard InChI is InChI=1S/C14H9O3S2.Li/c15-13-11-8-4-5-9-12(11)14(18-13)19(16,17)10-6-2-1-3-7-10;/h1-9H;/q-1;+1. The van der Waals surface area contributed by atoms with Gasteiger partial charge in [0.25, 0.3) is 0 Å². The normalized spacial score (nSPS) is 11.2. The van der Waals surface area contributed by atoms with E-state index in [4.69, 9.17) is 0 Å². The molecule has 96 valence electrons. The van der Waals surface area contributed by atoms with Crippen LogP contribution < -0.4 is 23.6 Å². The molecule has 0 aliphatic heterocycles. The number of thiophene rings is 1. The molecule has 0 N–H and O–H groups in total.